The zero-order valence-electron chi connectivity index (χ0n) is 11.7. The van der Waals surface area contributed by atoms with Crippen LogP contribution in [0.15, 0.2) is 18.2 Å². The zero-order valence-corrected chi connectivity index (χ0v) is 11.7. The Morgan fingerprint density at radius 2 is 1.79 bits per heavy atom. The van der Waals surface area contributed by atoms with Gasteiger partial charge in [-0.15, -0.1) is 0 Å². The van der Waals surface area contributed by atoms with E-state index in [1.165, 1.54) is 5.56 Å². The van der Waals surface area contributed by atoms with Crippen LogP contribution in [-0.4, -0.2) is 15.8 Å². The van der Waals surface area contributed by atoms with E-state index in [-0.39, 0.29) is 5.78 Å². The molecule has 3 heteroatoms. The molecular weight excluding hydrogens is 236 g/mol. The summed E-state index contributed by atoms with van der Waals surface area (Å²) in [6, 6.07) is 6.13. The first-order valence-electron chi connectivity index (χ1n) is 6.78. The average molecular weight is 254 g/mol. The van der Waals surface area contributed by atoms with Crippen molar-refractivity contribution >= 4 is 5.78 Å². The Kier molecular flexibility index (Phi) is 2.59. The van der Waals surface area contributed by atoms with E-state index in [0.29, 0.717) is 17.5 Å². The lowest BCUT2D eigenvalue weighted by Crippen LogP contribution is -2.00. The molecule has 0 bridgehead atoms. The number of carbonyl (C=O) groups is 1. The van der Waals surface area contributed by atoms with Crippen LogP contribution in [0.4, 0.5) is 0 Å². The van der Waals surface area contributed by atoms with Crippen molar-refractivity contribution in [2.75, 3.05) is 0 Å². The summed E-state index contributed by atoms with van der Waals surface area (Å²) in [5.74, 6) is 1.69. The topological polar surface area (TPSA) is 45.8 Å². The molecule has 0 radical (unpaired) electrons. The molecule has 0 amide bonds. The smallest absolute Gasteiger partial charge is 0.212 e. The predicted octanol–water partition coefficient (Wildman–Crippen LogP) is 3.87. The number of aromatic nitrogens is 2. The van der Waals surface area contributed by atoms with E-state index >= 15 is 0 Å². The molecular formula is C16H18N2O. The molecule has 1 aliphatic rings. The van der Waals surface area contributed by atoms with Crippen molar-refractivity contribution in [2.45, 2.75) is 39.5 Å². The lowest BCUT2D eigenvalue weighted by Gasteiger charge is -2.07. The van der Waals surface area contributed by atoms with Crippen molar-refractivity contribution in [1.29, 1.82) is 0 Å². The second-order valence-electron chi connectivity index (χ2n) is 5.79. The Morgan fingerprint density at radius 3 is 2.42 bits per heavy atom. The maximum absolute atomic E-state index is 12.4. The number of nitrogens with zero attached hydrogens (tertiary/aromatic N) is 1. The van der Waals surface area contributed by atoms with Crippen LogP contribution in [0, 0.1) is 0 Å². The first kappa shape index (κ1) is 12.2. The Bertz CT molecular complexity index is 665. The van der Waals surface area contributed by atoms with Gasteiger partial charge in [0.05, 0.1) is 0 Å². The third kappa shape index (κ3) is 1.72. The minimum atomic E-state index is 0.0758. The van der Waals surface area contributed by atoms with E-state index in [1.54, 1.807) is 0 Å². The fraction of sp³-hybridized carbons (Fsp3) is 0.375. The number of benzene rings is 1. The lowest BCUT2D eigenvalue weighted by molar-refractivity contribution is 0.103. The highest BCUT2D eigenvalue weighted by atomic mass is 16.1. The Labute approximate surface area is 113 Å². The Morgan fingerprint density at radius 1 is 1.05 bits per heavy atom. The molecule has 1 aromatic heterocycles. The van der Waals surface area contributed by atoms with Gasteiger partial charge in [0.1, 0.15) is 17.2 Å². The monoisotopic (exact) mass is 254 g/mol. The van der Waals surface area contributed by atoms with Gasteiger partial charge in [-0.3, -0.25) is 4.79 Å². The average Bonchev–Trinajstić information content (AvgIpc) is 2.90. The predicted molar refractivity (Wildman–Crippen MR) is 75.6 cm³/mol. The molecule has 0 saturated carbocycles. The van der Waals surface area contributed by atoms with E-state index in [4.69, 9.17) is 0 Å². The Balaban J connectivity index is 2.15. The SMILES string of the molecule is CC(C)c1ccc2c(c1)C(=O)c1[nH]c(C(C)C)nc1-2. The molecule has 19 heavy (non-hydrogen) atoms. The molecule has 1 N–H and O–H groups in total. The van der Waals surface area contributed by atoms with Crippen molar-refractivity contribution in [2.24, 2.45) is 0 Å². The van der Waals surface area contributed by atoms with Crippen LogP contribution in [0.3, 0.4) is 0 Å². The second kappa shape index (κ2) is 4.05. The van der Waals surface area contributed by atoms with Gasteiger partial charge >= 0.3 is 0 Å². The fourth-order valence-electron chi connectivity index (χ4n) is 2.47. The molecule has 0 fully saturated rings. The normalized spacial score (nSPS) is 13.3. The van der Waals surface area contributed by atoms with Crippen LogP contribution in [-0.2, 0) is 0 Å². The van der Waals surface area contributed by atoms with Gasteiger partial charge in [0, 0.05) is 17.0 Å². The molecule has 1 heterocycles. The van der Waals surface area contributed by atoms with Crippen LogP contribution in [0.25, 0.3) is 11.3 Å². The highest BCUT2D eigenvalue weighted by Gasteiger charge is 2.31. The molecule has 1 aromatic carbocycles. The van der Waals surface area contributed by atoms with Crippen LogP contribution >= 0.6 is 0 Å². The van der Waals surface area contributed by atoms with Gasteiger partial charge in [-0.2, -0.15) is 0 Å². The summed E-state index contributed by atoms with van der Waals surface area (Å²) < 4.78 is 0. The Hall–Kier alpha value is -1.90. The molecule has 0 atom stereocenters. The van der Waals surface area contributed by atoms with E-state index in [0.717, 1.165) is 22.6 Å². The molecule has 1 aliphatic carbocycles. The number of imidazole rings is 1. The van der Waals surface area contributed by atoms with E-state index in [9.17, 15) is 4.79 Å². The van der Waals surface area contributed by atoms with Gasteiger partial charge < -0.3 is 4.98 Å². The van der Waals surface area contributed by atoms with Crippen LogP contribution in [0.1, 0.15) is 67.0 Å². The molecule has 98 valence electrons. The summed E-state index contributed by atoms with van der Waals surface area (Å²) in [6.45, 7) is 8.41. The van der Waals surface area contributed by atoms with Crippen LogP contribution < -0.4 is 0 Å². The fourth-order valence-corrected chi connectivity index (χ4v) is 2.47. The number of hydrogen-bond donors (Lipinski definition) is 1. The van der Waals surface area contributed by atoms with Crippen molar-refractivity contribution in [1.82, 2.24) is 9.97 Å². The van der Waals surface area contributed by atoms with E-state index in [2.05, 4.69) is 43.7 Å². The minimum Gasteiger partial charge on any atom is -0.339 e. The molecule has 0 unspecified atom stereocenters. The summed E-state index contributed by atoms with van der Waals surface area (Å²) in [5.41, 5.74) is 4.42. The van der Waals surface area contributed by atoms with Gasteiger partial charge in [0.15, 0.2) is 0 Å². The van der Waals surface area contributed by atoms with Gasteiger partial charge in [-0.25, -0.2) is 4.98 Å². The van der Waals surface area contributed by atoms with Gasteiger partial charge in [-0.1, -0.05) is 39.8 Å². The zero-order chi connectivity index (χ0) is 13.7. The number of nitrogens with one attached hydrogen (secondary N) is 1. The van der Waals surface area contributed by atoms with E-state index in [1.807, 2.05) is 12.1 Å². The number of carbonyl (C=O) groups excluding carboxylic acids is 1. The van der Waals surface area contributed by atoms with Gasteiger partial charge in [0.2, 0.25) is 5.78 Å². The number of hydrogen-bond acceptors (Lipinski definition) is 2. The lowest BCUT2D eigenvalue weighted by atomic mass is 9.98. The third-order valence-electron chi connectivity index (χ3n) is 3.71. The summed E-state index contributed by atoms with van der Waals surface area (Å²) in [6.07, 6.45) is 0. The van der Waals surface area contributed by atoms with Crippen molar-refractivity contribution in [3.63, 3.8) is 0 Å². The second-order valence-corrected chi connectivity index (χ2v) is 5.79. The maximum Gasteiger partial charge on any atom is 0.212 e. The molecule has 0 saturated heterocycles. The summed E-state index contributed by atoms with van der Waals surface area (Å²) in [5, 5.41) is 0. The summed E-state index contributed by atoms with van der Waals surface area (Å²) in [4.78, 5) is 20.2. The number of H-pyrrole nitrogens is 1. The number of fused-ring (bicyclic) bond motifs is 3. The summed E-state index contributed by atoms with van der Waals surface area (Å²) in [7, 11) is 0. The number of rotatable bonds is 2. The molecule has 0 spiro atoms. The van der Waals surface area contributed by atoms with Crippen molar-refractivity contribution in [3.05, 3.63) is 40.8 Å². The highest BCUT2D eigenvalue weighted by Crippen LogP contribution is 2.37. The van der Waals surface area contributed by atoms with Crippen LogP contribution in [0.5, 0.6) is 0 Å². The molecule has 2 aromatic rings. The number of aromatic amines is 1. The van der Waals surface area contributed by atoms with Gasteiger partial charge in [0.25, 0.3) is 0 Å². The molecule has 0 aliphatic heterocycles. The minimum absolute atomic E-state index is 0.0758. The van der Waals surface area contributed by atoms with Gasteiger partial charge in [-0.05, 0) is 17.5 Å². The first-order valence-corrected chi connectivity index (χ1v) is 6.78. The van der Waals surface area contributed by atoms with Crippen LogP contribution in [0.2, 0.25) is 0 Å². The van der Waals surface area contributed by atoms with Crippen molar-refractivity contribution < 1.29 is 4.79 Å². The third-order valence-corrected chi connectivity index (χ3v) is 3.71. The standard InChI is InChI=1S/C16H18N2O/c1-8(2)10-5-6-11-12(7-10)15(19)14-13(11)17-16(18-14)9(3)4/h5-9H,1-4H3,(H,17,18). The molecule has 3 nitrogen and oxygen atoms in total. The first-order chi connectivity index (χ1) is 8.99. The quantitative estimate of drug-likeness (QED) is 0.754. The summed E-state index contributed by atoms with van der Waals surface area (Å²) >= 11 is 0. The molecule has 3 rings (SSSR count). The largest absolute Gasteiger partial charge is 0.339 e. The maximum atomic E-state index is 12.4. The van der Waals surface area contributed by atoms with Crippen molar-refractivity contribution in [3.8, 4) is 11.3 Å². The van der Waals surface area contributed by atoms with E-state index < -0.39 is 0 Å². The highest BCUT2D eigenvalue weighted by molar-refractivity contribution is 6.20. The number of ketones is 1.